The van der Waals surface area contributed by atoms with Crippen LogP contribution in [-0.4, -0.2) is 39.0 Å². The van der Waals surface area contributed by atoms with Crippen LogP contribution in [0.25, 0.3) is 11.1 Å². The van der Waals surface area contributed by atoms with Gasteiger partial charge in [0.1, 0.15) is 16.4 Å². The minimum Gasteiger partial charge on any atom is -0.462 e. The number of aryl methyl sites for hydroxylation is 1. The number of thiophene rings is 1. The van der Waals surface area contributed by atoms with E-state index in [1.807, 2.05) is 42.6 Å². The predicted octanol–water partition coefficient (Wildman–Crippen LogP) is 4.89. The van der Waals surface area contributed by atoms with Crippen molar-refractivity contribution in [1.82, 2.24) is 14.8 Å². The molecule has 9 heteroatoms. The minimum absolute atomic E-state index is 0.173. The smallest absolute Gasteiger partial charge is 0.341 e. The molecule has 0 unspecified atom stereocenters. The van der Waals surface area contributed by atoms with E-state index >= 15 is 0 Å². The maximum Gasteiger partial charge on any atom is 0.341 e. The van der Waals surface area contributed by atoms with Crippen molar-refractivity contribution in [3.63, 3.8) is 0 Å². The summed E-state index contributed by atoms with van der Waals surface area (Å²) in [4.78, 5) is 25.3. The van der Waals surface area contributed by atoms with Crippen LogP contribution in [0.3, 0.4) is 0 Å². The van der Waals surface area contributed by atoms with Crippen molar-refractivity contribution in [2.24, 2.45) is 0 Å². The van der Waals surface area contributed by atoms with E-state index in [0.717, 1.165) is 41.5 Å². The molecule has 3 aromatic rings. The van der Waals surface area contributed by atoms with Gasteiger partial charge in [-0.25, -0.2) is 4.79 Å². The molecule has 31 heavy (non-hydrogen) atoms. The largest absolute Gasteiger partial charge is 0.462 e. The van der Waals surface area contributed by atoms with E-state index in [0.29, 0.717) is 10.6 Å². The Morgan fingerprint density at radius 3 is 2.61 bits per heavy atom. The topological polar surface area (TPSA) is 86.1 Å². The van der Waals surface area contributed by atoms with Gasteiger partial charge in [0.2, 0.25) is 5.91 Å². The van der Waals surface area contributed by atoms with Gasteiger partial charge in [0.25, 0.3) is 0 Å². The number of hydrogen-bond acceptors (Lipinski definition) is 7. The molecule has 1 amide bonds. The second-order valence-corrected chi connectivity index (χ2v) is 8.50. The summed E-state index contributed by atoms with van der Waals surface area (Å²) in [7, 11) is 0. The van der Waals surface area contributed by atoms with Gasteiger partial charge in [-0.1, -0.05) is 55.9 Å². The third-order valence-corrected chi connectivity index (χ3v) is 6.36. The number of nitrogens with one attached hydrogen (secondary N) is 1. The molecule has 1 N–H and O–H groups in total. The fraction of sp³-hybridized carbons (Fsp3) is 0.364. The number of carbonyl (C=O) groups excluding carboxylic acids is 2. The van der Waals surface area contributed by atoms with E-state index in [-0.39, 0.29) is 18.3 Å². The molecule has 7 nitrogen and oxygen atoms in total. The van der Waals surface area contributed by atoms with Gasteiger partial charge in [-0.3, -0.25) is 4.79 Å². The van der Waals surface area contributed by atoms with Gasteiger partial charge in [0, 0.05) is 23.9 Å². The number of anilines is 1. The molecule has 0 aliphatic heterocycles. The molecule has 0 saturated carbocycles. The summed E-state index contributed by atoms with van der Waals surface area (Å²) in [5.74, 6) is 0.439. The second kappa shape index (κ2) is 11.1. The van der Waals surface area contributed by atoms with Crippen LogP contribution in [0, 0.1) is 0 Å². The molecule has 2 aromatic heterocycles. The van der Waals surface area contributed by atoms with Gasteiger partial charge >= 0.3 is 5.97 Å². The van der Waals surface area contributed by atoms with Crippen LogP contribution < -0.4 is 5.32 Å². The molecule has 164 valence electrons. The van der Waals surface area contributed by atoms with E-state index < -0.39 is 5.97 Å². The summed E-state index contributed by atoms with van der Waals surface area (Å²) in [5.41, 5.74) is 2.04. The first-order chi connectivity index (χ1) is 15.1. The maximum atomic E-state index is 12.7. The summed E-state index contributed by atoms with van der Waals surface area (Å²) >= 11 is 2.66. The number of amides is 1. The Bertz CT molecular complexity index is 1030. The molecule has 2 heterocycles. The van der Waals surface area contributed by atoms with Gasteiger partial charge in [0.15, 0.2) is 5.16 Å². The lowest BCUT2D eigenvalue weighted by molar-refractivity contribution is -0.113. The molecule has 0 spiro atoms. The first-order valence-electron chi connectivity index (χ1n) is 10.3. The molecule has 0 saturated heterocycles. The molecule has 0 bridgehead atoms. The molecule has 0 aliphatic carbocycles. The van der Waals surface area contributed by atoms with Crippen LogP contribution in [-0.2, 0) is 22.5 Å². The summed E-state index contributed by atoms with van der Waals surface area (Å²) in [5, 5.41) is 14.4. The van der Waals surface area contributed by atoms with E-state index in [4.69, 9.17) is 4.74 Å². The number of rotatable bonds is 10. The molecule has 0 atom stereocenters. The van der Waals surface area contributed by atoms with Gasteiger partial charge in [0.05, 0.1) is 12.4 Å². The van der Waals surface area contributed by atoms with E-state index in [2.05, 4.69) is 27.0 Å². The quantitative estimate of drug-likeness (QED) is 0.344. The van der Waals surface area contributed by atoms with Gasteiger partial charge < -0.3 is 14.6 Å². The van der Waals surface area contributed by atoms with Crippen molar-refractivity contribution >= 4 is 40.0 Å². The summed E-state index contributed by atoms with van der Waals surface area (Å²) < 4.78 is 7.30. The Balaban J connectivity index is 1.76. The maximum absolute atomic E-state index is 12.7. The zero-order chi connectivity index (χ0) is 22.2. The fourth-order valence-corrected chi connectivity index (χ4v) is 4.87. The highest BCUT2D eigenvalue weighted by atomic mass is 32.2. The molecule has 0 fully saturated rings. The number of nitrogens with zero attached hydrogens (tertiary/aromatic N) is 3. The highest BCUT2D eigenvalue weighted by Crippen LogP contribution is 2.36. The highest BCUT2D eigenvalue weighted by Gasteiger charge is 2.23. The van der Waals surface area contributed by atoms with Crippen LogP contribution in [0.4, 0.5) is 5.00 Å². The Morgan fingerprint density at radius 2 is 1.94 bits per heavy atom. The van der Waals surface area contributed by atoms with Crippen LogP contribution in [0.5, 0.6) is 0 Å². The lowest BCUT2D eigenvalue weighted by Gasteiger charge is -2.09. The van der Waals surface area contributed by atoms with Gasteiger partial charge in [-0.05, 0) is 18.9 Å². The molecule has 0 radical (unpaired) electrons. The molecule has 0 aliphatic rings. The van der Waals surface area contributed by atoms with Crippen molar-refractivity contribution < 1.29 is 14.3 Å². The lowest BCUT2D eigenvalue weighted by atomic mass is 10.0. The summed E-state index contributed by atoms with van der Waals surface area (Å²) in [6.07, 6.45) is 1.76. The monoisotopic (exact) mass is 458 g/mol. The van der Waals surface area contributed by atoms with Gasteiger partial charge in [-0.15, -0.1) is 21.5 Å². The van der Waals surface area contributed by atoms with Crippen molar-refractivity contribution in [2.45, 2.75) is 45.3 Å². The lowest BCUT2D eigenvalue weighted by Crippen LogP contribution is -2.17. The van der Waals surface area contributed by atoms with E-state index in [1.165, 1.54) is 23.1 Å². The third-order valence-electron chi connectivity index (χ3n) is 4.50. The van der Waals surface area contributed by atoms with Crippen molar-refractivity contribution in [2.75, 3.05) is 17.7 Å². The third kappa shape index (κ3) is 5.54. The number of carbonyl (C=O) groups is 2. The van der Waals surface area contributed by atoms with Crippen LogP contribution in [0.1, 0.15) is 43.4 Å². The zero-order valence-electron chi connectivity index (χ0n) is 17.9. The molecule has 3 rings (SSSR count). The Hall–Kier alpha value is -2.65. The second-order valence-electron chi connectivity index (χ2n) is 6.68. The molecular weight excluding hydrogens is 432 g/mol. The van der Waals surface area contributed by atoms with Crippen LogP contribution >= 0.6 is 23.1 Å². The Labute approximate surface area is 190 Å². The summed E-state index contributed by atoms with van der Waals surface area (Å²) in [6, 6.07) is 9.60. The molecule has 1 aromatic carbocycles. The first kappa shape index (κ1) is 23.0. The number of thioether (sulfide) groups is 1. The first-order valence-corrected chi connectivity index (χ1v) is 12.1. The number of aromatic nitrogens is 3. The summed E-state index contributed by atoms with van der Waals surface area (Å²) in [6.45, 7) is 6.98. The van der Waals surface area contributed by atoms with Crippen LogP contribution in [0.2, 0.25) is 0 Å². The number of esters is 1. The van der Waals surface area contributed by atoms with E-state index in [1.54, 1.807) is 6.92 Å². The van der Waals surface area contributed by atoms with Crippen molar-refractivity contribution in [3.05, 3.63) is 47.1 Å². The standard InChI is InChI=1S/C22H26N4O3S2/c1-4-12-26-17(5-2)24-25-22(26)31-14-18(27)23-20-19(21(28)29-6-3)16(13-30-20)15-10-8-7-9-11-15/h7-11,13H,4-6,12,14H2,1-3H3,(H,23,27). The van der Waals surface area contributed by atoms with E-state index in [9.17, 15) is 9.59 Å². The average molecular weight is 459 g/mol. The normalized spacial score (nSPS) is 10.8. The Morgan fingerprint density at radius 1 is 1.16 bits per heavy atom. The number of benzene rings is 1. The van der Waals surface area contributed by atoms with Crippen molar-refractivity contribution in [3.8, 4) is 11.1 Å². The SMILES string of the molecule is CCCn1c(CC)nnc1SCC(=O)Nc1scc(-c2ccccc2)c1C(=O)OCC. The molecular formula is C22H26N4O3S2. The van der Waals surface area contributed by atoms with Crippen LogP contribution in [0.15, 0.2) is 40.9 Å². The predicted molar refractivity (Wildman–Crippen MR) is 125 cm³/mol. The average Bonchev–Trinajstić information content (AvgIpc) is 3.37. The number of ether oxygens (including phenoxy) is 1. The van der Waals surface area contributed by atoms with Gasteiger partial charge in [-0.2, -0.15) is 0 Å². The zero-order valence-corrected chi connectivity index (χ0v) is 19.5. The number of hydrogen-bond donors (Lipinski definition) is 1. The Kier molecular flexibility index (Phi) is 8.25. The minimum atomic E-state index is -0.444. The highest BCUT2D eigenvalue weighted by molar-refractivity contribution is 7.99. The van der Waals surface area contributed by atoms with Crippen molar-refractivity contribution in [1.29, 1.82) is 0 Å². The fourth-order valence-electron chi connectivity index (χ4n) is 3.11.